The smallest absolute Gasteiger partial charge is 0.547 e. The van der Waals surface area contributed by atoms with Gasteiger partial charge in [-0.25, -0.2) is 4.79 Å². The zero-order valence-electron chi connectivity index (χ0n) is 9.54. The second-order valence-electron chi connectivity index (χ2n) is 3.18. The van der Waals surface area contributed by atoms with Gasteiger partial charge >= 0.3 is 35.5 Å². The minimum absolute atomic E-state index is 0. The Hall–Kier alpha value is -0.180. The summed E-state index contributed by atoms with van der Waals surface area (Å²) in [6, 6.07) is 0. The third-order valence-electron chi connectivity index (χ3n) is 1.56. The van der Waals surface area contributed by atoms with Gasteiger partial charge in [-0.05, 0) is 14.1 Å². The molecule has 0 aromatic carbocycles. The van der Waals surface area contributed by atoms with Crippen molar-refractivity contribution in [1.82, 2.24) is 4.90 Å². The minimum atomic E-state index is -2.27. The summed E-state index contributed by atoms with van der Waals surface area (Å²) in [5.74, 6) is -3.11. The molecule has 0 amide bonds. The van der Waals surface area contributed by atoms with Crippen LogP contribution in [0.2, 0.25) is 0 Å². The van der Waals surface area contributed by atoms with Crippen molar-refractivity contribution in [3.05, 3.63) is 0 Å². The van der Waals surface area contributed by atoms with Crippen LogP contribution in [0.4, 0.5) is 0 Å². The number of carboxylic acid groups (broad SMARTS) is 1. The summed E-state index contributed by atoms with van der Waals surface area (Å²) in [6.07, 6.45) is -4.38. The number of aliphatic carboxylic acids is 1. The van der Waals surface area contributed by atoms with Gasteiger partial charge in [-0.1, -0.05) is 0 Å². The SMILES string of the molecule is CN(C)CCOC(=O)C(O)C(O)C(=O)[O-].[Na+]. The van der Waals surface area contributed by atoms with E-state index in [1.165, 1.54) is 0 Å². The molecule has 0 heterocycles. The van der Waals surface area contributed by atoms with E-state index in [0.717, 1.165) is 0 Å². The van der Waals surface area contributed by atoms with Crippen LogP contribution >= 0.6 is 0 Å². The van der Waals surface area contributed by atoms with E-state index >= 15 is 0 Å². The molecule has 0 aromatic rings. The Bertz CT molecular complexity index is 235. The second-order valence-corrected chi connectivity index (χ2v) is 3.18. The Labute approximate surface area is 115 Å². The van der Waals surface area contributed by atoms with E-state index in [4.69, 9.17) is 10.2 Å². The zero-order chi connectivity index (χ0) is 12.0. The molecule has 0 bridgehead atoms. The van der Waals surface area contributed by atoms with Crippen molar-refractivity contribution in [2.45, 2.75) is 12.2 Å². The number of nitrogens with zero attached hydrogens (tertiary/aromatic N) is 1. The normalized spacial score (nSPS) is 13.8. The van der Waals surface area contributed by atoms with Gasteiger partial charge < -0.3 is 29.8 Å². The Morgan fingerprint density at radius 3 is 2.19 bits per heavy atom. The number of esters is 1. The molecule has 2 atom stereocenters. The average molecular weight is 243 g/mol. The second kappa shape index (κ2) is 8.91. The molecular weight excluding hydrogens is 229 g/mol. The number of aliphatic hydroxyl groups excluding tert-OH is 2. The molecule has 0 aliphatic rings. The number of carbonyl (C=O) groups is 2. The first-order valence-electron chi connectivity index (χ1n) is 4.24. The van der Waals surface area contributed by atoms with Crippen molar-refractivity contribution >= 4 is 11.9 Å². The van der Waals surface area contributed by atoms with Crippen LogP contribution in [-0.2, 0) is 14.3 Å². The van der Waals surface area contributed by atoms with E-state index < -0.39 is 24.1 Å². The van der Waals surface area contributed by atoms with Crippen molar-refractivity contribution in [3.63, 3.8) is 0 Å². The van der Waals surface area contributed by atoms with Crippen LogP contribution in [0.1, 0.15) is 0 Å². The molecule has 16 heavy (non-hydrogen) atoms. The average Bonchev–Trinajstić information content (AvgIpc) is 2.14. The monoisotopic (exact) mass is 243 g/mol. The standard InChI is InChI=1S/C8H15NO6.Na/c1-9(2)3-4-15-8(14)6(11)5(10)7(12)13;/h5-6,10-11H,3-4H2,1-2H3,(H,12,13);/q;+1/p-1. The molecule has 0 aliphatic carbocycles. The molecule has 88 valence electrons. The van der Waals surface area contributed by atoms with Crippen LogP contribution in [0.5, 0.6) is 0 Å². The van der Waals surface area contributed by atoms with Gasteiger partial charge in [-0.2, -0.15) is 0 Å². The number of likely N-dealkylation sites (N-methyl/N-ethyl adjacent to an activating group) is 1. The quantitative estimate of drug-likeness (QED) is 0.352. The maximum atomic E-state index is 10.9. The van der Waals surface area contributed by atoms with Gasteiger partial charge in [-0.15, -0.1) is 0 Å². The van der Waals surface area contributed by atoms with Crippen LogP contribution in [0.25, 0.3) is 0 Å². The number of carboxylic acids is 1. The molecule has 2 unspecified atom stereocenters. The van der Waals surface area contributed by atoms with Crippen molar-refractivity contribution in [3.8, 4) is 0 Å². The molecule has 0 rings (SSSR count). The summed E-state index contributed by atoms with van der Waals surface area (Å²) >= 11 is 0. The Kier molecular flexibility index (Phi) is 10.1. The molecular formula is C8H14NNaO6. The number of hydrogen-bond donors (Lipinski definition) is 2. The summed E-state index contributed by atoms with van der Waals surface area (Å²) in [5.41, 5.74) is 0. The van der Waals surface area contributed by atoms with E-state index in [0.29, 0.717) is 6.54 Å². The maximum absolute atomic E-state index is 10.9. The van der Waals surface area contributed by atoms with Crippen LogP contribution in [0.15, 0.2) is 0 Å². The first-order chi connectivity index (χ1) is 6.86. The van der Waals surface area contributed by atoms with E-state index in [2.05, 4.69) is 4.74 Å². The largest absolute Gasteiger partial charge is 1.00 e. The molecule has 0 radical (unpaired) electrons. The molecule has 0 fully saturated rings. The van der Waals surface area contributed by atoms with Crippen LogP contribution < -0.4 is 34.7 Å². The predicted molar refractivity (Wildman–Crippen MR) is 46.5 cm³/mol. The summed E-state index contributed by atoms with van der Waals surface area (Å²) in [6.45, 7) is 0.433. The van der Waals surface area contributed by atoms with Gasteiger partial charge in [0.15, 0.2) is 6.10 Å². The molecule has 8 heteroatoms. The van der Waals surface area contributed by atoms with Gasteiger partial charge in [0.05, 0.1) is 5.97 Å². The number of carbonyl (C=O) groups excluding carboxylic acids is 2. The molecule has 0 saturated carbocycles. The van der Waals surface area contributed by atoms with Crippen molar-refractivity contribution in [2.24, 2.45) is 0 Å². The fourth-order valence-corrected chi connectivity index (χ4v) is 0.672. The van der Waals surface area contributed by atoms with E-state index in [-0.39, 0.29) is 36.2 Å². The van der Waals surface area contributed by atoms with Gasteiger partial charge in [0.2, 0.25) is 0 Å². The molecule has 7 nitrogen and oxygen atoms in total. The molecule has 0 saturated heterocycles. The first-order valence-corrected chi connectivity index (χ1v) is 4.24. The molecule has 0 spiro atoms. The Morgan fingerprint density at radius 2 is 1.81 bits per heavy atom. The van der Waals surface area contributed by atoms with E-state index in [9.17, 15) is 14.7 Å². The van der Waals surface area contributed by atoms with E-state index in [1.807, 2.05) is 0 Å². The third-order valence-corrected chi connectivity index (χ3v) is 1.56. The van der Waals surface area contributed by atoms with Crippen LogP contribution in [0, 0.1) is 0 Å². The molecule has 0 aromatic heterocycles. The third kappa shape index (κ3) is 7.15. The number of ether oxygens (including phenoxy) is 1. The van der Waals surface area contributed by atoms with Gasteiger partial charge in [0, 0.05) is 6.54 Å². The predicted octanol–water partition coefficient (Wildman–Crippen LogP) is -6.43. The Morgan fingerprint density at radius 1 is 1.31 bits per heavy atom. The van der Waals surface area contributed by atoms with Crippen LogP contribution in [-0.4, -0.2) is 66.5 Å². The van der Waals surface area contributed by atoms with Gasteiger partial charge in [0.1, 0.15) is 12.7 Å². The Balaban J connectivity index is 0. The van der Waals surface area contributed by atoms with Crippen molar-refractivity contribution in [2.75, 3.05) is 27.2 Å². The maximum Gasteiger partial charge on any atom is 1.00 e. The van der Waals surface area contributed by atoms with Gasteiger partial charge in [0.25, 0.3) is 0 Å². The molecule has 2 N–H and O–H groups in total. The van der Waals surface area contributed by atoms with E-state index in [1.54, 1.807) is 19.0 Å². The number of aliphatic hydroxyl groups is 2. The summed E-state index contributed by atoms with van der Waals surface area (Å²) in [7, 11) is 3.50. The fraction of sp³-hybridized carbons (Fsp3) is 0.750. The summed E-state index contributed by atoms with van der Waals surface area (Å²) < 4.78 is 4.50. The van der Waals surface area contributed by atoms with Gasteiger partial charge in [-0.3, -0.25) is 0 Å². The van der Waals surface area contributed by atoms with Crippen molar-refractivity contribution in [1.29, 1.82) is 0 Å². The molecule has 0 aliphatic heterocycles. The topological polar surface area (TPSA) is 110 Å². The van der Waals surface area contributed by atoms with Crippen LogP contribution in [0.3, 0.4) is 0 Å². The number of rotatable bonds is 6. The van der Waals surface area contributed by atoms with Crippen molar-refractivity contribution < 1.29 is 59.2 Å². The number of hydrogen-bond acceptors (Lipinski definition) is 7. The first kappa shape index (κ1) is 18.2. The summed E-state index contributed by atoms with van der Waals surface area (Å²) in [5, 5.41) is 27.8. The minimum Gasteiger partial charge on any atom is -0.547 e. The summed E-state index contributed by atoms with van der Waals surface area (Å²) in [4.78, 5) is 22.7. The fourth-order valence-electron chi connectivity index (χ4n) is 0.672. The zero-order valence-corrected chi connectivity index (χ0v) is 11.5.